The summed E-state index contributed by atoms with van der Waals surface area (Å²) in [6, 6.07) is 18.7. The van der Waals surface area contributed by atoms with Gasteiger partial charge in [0.25, 0.3) is 5.91 Å². The minimum Gasteiger partial charge on any atom is -0.354 e. The Morgan fingerprint density at radius 3 is 2.41 bits per heavy atom. The van der Waals surface area contributed by atoms with Gasteiger partial charge in [-0.3, -0.25) is 9.59 Å². The number of rotatable bonds is 9. The minimum absolute atomic E-state index is 0.000286. The second-order valence-corrected chi connectivity index (χ2v) is 8.11. The van der Waals surface area contributed by atoms with Crippen LogP contribution in [0.3, 0.4) is 0 Å². The molecule has 2 aromatic carbocycles. The number of para-hydroxylation sites is 1. The number of nitrogens with one attached hydrogen (secondary N) is 2. The highest BCUT2D eigenvalue weighted by molar-refractivity contribution is 8.14. The monoisotopic (exact) mass is 449 g/mol. The van der Waals surface area contributed by atoms with Gasteiger partial charge in [0.15, 0.2) is 22.5 Å². The standard InChI is InChI=1S/C24H27N5O2S/c1-3-4-15-32-24(27-19-13-9-6-10-14-19)28-22-21(23(31)25-2)29(17-26-22)16-20(30)18-11-7-5-8-12-18/h5-14,17H,3-4,15-16H2,1-2H3,(H,25,31)(H,27,28). The molecular formula is C24H27N5O2S. The van der Waals surface area contributed by atoms with Gasteiger partial charge in [-0.05, 0) is 18.6 Å². The fourth-order valence-corrected chi connectivity index (χ4v) is 3.91. The van der Waals surface area contributed by atoms with Gasteiger partial charge < -0.3 is 15.2 Å². The van der Waals surface area contributed by atoms with E-state index in [1.165, 1.54) is 6.33 Å². The van der Waals surface area contributed by atoms with E-state index >= 15 is 0 Å². The second kappa shape index (κ2) is 11.9. The van der Waals surface area contributed by atoms with Crippen molar-refractivity contribution in [2.45, 2.75) is 26.3 Å². The number of hydrogen-bond donors (Lipinski definition) is 2. The molecule has 0 aliphatic carbocycles. The molecule has 32 heavy (non-hydrogen) atoms. The zero-order valence-corrected chi connectivity index (χ0v) is 19.1. The molecule has 0 atom stereocenters. The van der Waals surface area contributed by atoms with Crippen LogP contribution < -0.4 is 10.6 Å². The molecule has 0 unspecified atom stereocenters. The van der Waals surface area contributed by atoms with Crippen molar-refractivity contribution in [2.75, 3.05) is 18.1 Å². The molecule has 0 aliphatic rings. The van der Waals surface area contributed by atoms with Crippen LogP contribution in [0.15, 0.2) is 72.0 Å². The van der Waals surface area contributed by atoms with Crippen molar-refractivity contribution in [3.8, 4) is 0 Å². The van der Waals surface area contributed by atoms with E-state index in [-0.39, 0.29) is 29.7 Å². The summed E-state index contributed by atoms with van der Waals surface area (Å²) in [6.45, 7) is 2.14. The predicted octanol–water partition coefficient (Wildman–Crippen LogP) is 4.76. The molecule has 3 aromatic rings. The maximum absolute atomic E-state index is 12.7. The number of aliphatic imine (C=N–C) groups is 1. The molecule has 0 aliphatic heterocycles. The van der Waals surface area contributed by atoms with Gasteiger partial charge in [-0.15, -0.1) is 0 Å². The lowest BCUT2D eigenvalue weighted by molar-refractivity contribution is 0.0945. The van der Waals surface area contributed by atoms with Crippen molar-refractivity contribution in [2.24, 2.45) is 4.99 Å². The maximum Gasteiger partial charge on any atom is 0.271 e. The molecule has 0 fully saturated rings. The van der Waals surface area contributed by atoms with E-state index < -0.39 is 0 Å². The number of benzene rings is 2. The number of ketones is 1. The van der Waals surface area contributed by atoms with E-state index in [0.29, 0.717) is 10.7 Å². The zero-order valence-electron chi connectivity index (χ0n) is 18.2. The third-order valence-electron chi connectivity index (χ3n) is 4.64. The number of unbranched alkanes of at least 4 members (excludes halogenated alkanes) is 1. The average molecular weight is 450 g/mol. The molecule has 0 saturated carbocycles. The first kappa shape index (κ1) is 23.3. The summed E-state index contributed by atoms with van der Waals surface area (Å²) in [5.41, 5.74) is 1.73. The van der Waals surface area contributed by atoms with Crippen molar-refractivity contribution in [3.63, 3.8) is 0 Å². The summed E-state index contributed by atoms with van der Waals surface area (Å²) in [5, 5.41) is 6.59. The highest BCUT2D eigenvalue weighted by atomic mass is 32.2. The zero-order chi connectivity index (χ0) is 22.8. The summed E-state index contributed by atoms with van der Waals surface area (Å²) in [4.78, 5) is 34.4. The lowest BCUT2D eigenvalue weighted by Gasteiger charge is -2.10. The molecular weight excluding hydrogens is 422 g/mol. The molecule has 0 radical (unpaired) electrons. The smallest absolute Gasteiger partial charge is 0.271 e. The first-order valence-electron chi connectivity index (χ1n) is 10.5. The number of carbonyl (C=O) groups excluding carboxylic acids is 2. The summed E-state index contributed by atoms with van der Waals surface area (Å²) in [6.07, 6.45) is 3.61. The third kappa shape index (κ3) is 6.31. The van der Waals surface area contributed by atoms with Gasteiger partial charge in [0.05, 0.1) is 12.9 Å². The topological polar surface area (TPSA) is 88.4 Å². The van der Waals surface area contributed by atoms with E-state index in [4.69, 9.17) is 0 Å². The number of nitrogens with zero attached hydrogens (tertiary/aromatic N) is 3. The van der Waals surface area contributed by atoms with Crippen LogP contribution in [-0.2, 0) is 6.54 Å². The first-order chi connectivity index (χ1) is 15.6. The van der Waals surface area contributed by atoms with Crippen LogP contribution in [-0.4, -0.2) is 39.2 Å². The summed E-state index contributed by atoms with van der Waals surface area (Å²) in [5.74, 6) is 0.702. The SMILES string of the molecule is CCCCSC(=Nc1ncn(CC(=O)c2ccccc2)c1C(=O)NC)Nc1ccccc1. The Labute approximate surface area is 192 Å². The minimum atomic E-state index is -0.347. The number of amidine groups is 1. The van der Waals surface area contributed by atoms with Gasteiger partial charge in [0.1, 0.15) is 0 Å². The van der Waals surface area contributed by atoms with Crippen LogP contribution >= 0.6 is 11.8 Å². The van der Waals surface area contributed by atoms with Crippen LogP contribution in [0.4, 0.5) is 11.5 Å². The second-order valence-electron chi connectivity index (χ2n) is 7.02. The number of aromatic nitrogens is 2. The molecule has 0 bridgehead atoms. The Kier molecular flexibility index (Phi) is 8.62. The Balaban J connectivity index is 1.91. The van der Waals surface area contributed by atoms with E-state index in [1.54, 1.807) is 35.5 Å². The van der Waals surface area contributed by atoms with Crippen LogP contribution in [0.2, 0.25) is 0 Å². The van der Waals surface area contributed by atoms with Gasteiger partial charge in [0, 0.05) is 24.1 Å². The summed E-state index contributed by atoms with van der Waals surface area (Å²) < 4.78 is 1.55. The lowest BCUT2D eigenvalue weighted by atomic mass is 10.1. The highest BCUT2D eigenvalue weighted by Crippen LogP contribution is 2.22. The Morgan fingerprint density at radius 1 is 1.06 bits per heavy atom. The fourth-order valence-electron chi connectivity index (χ4n) is 2.94. The van der Waals surface area contributed by atoms with Gasteiger partial charge in [-0.2, -0.15) is 0 Å². The Hall–Kier alpha value is -3.39. The normalized spacial score (nSPS) is 11.2. The molecule has 0 spiro atoms. The first-order valence-corrected chi connectivity index (χ1v) is 11.5. The Morgan fingerprint density at radius 2 is 1.75 bits per heavy atom. The van der Waals surface area contributed by atoms with Crippen molar-refractivity contribution in [1.29, 1.82) is 0 Å². The quantitative estimate of drug-likeness (QED) is 0.213. The largest absolute Gasteiger partial charge is 0.354 e. The predicted molar refractivity (Wildman–Crippen MR) is 131 cm³/mol. The van der Waals surface area contributed by atoms with Crippen LogP contribution in [0.25, 0.3) is 0 Å². The van der Waals surface area contributed by atoms with Crippen molar-refractivity contribution in [3.05, 3.63) is 78.2 Å². The van der Waals surface area contributed by atoms with E-state index in [0.717, 1.165) is 24.3 Å². The maximum atomic E-state index is 12.7. The number of Topliss-reactive ketones (excluding diaryl/α,β-unsaturated/α-hetero) is 1. The summed E-state index contributed by atoms with van der Waals surface area (Å²) >= 11 is 1.57. The van der Waals surface area contributed by atoms with Crippen molar-refractivity contribution >= 4 is 40.1 Å². The number of thioether (sulfide) groups is 1. The number of carbonyl (C=O) groups is 2. The van der Waals surface area contributed by atoms with E-state index in [9.17, 15) is 9.59 Å². The molecule has 1 amide bonds. The molecule has 1 heterocycles. The van der Waals surface area contributed by atoms with Gasteiger partial charge >= 0.3 is 0 Å². The highest BCUT2D eigenvalue weighted by Gasteiger charge is 2.20. The lowest BCUT2D eigenvalue weighted by Crippen LogP contribution is -2.23. The van der Waals surface area contributed by atoms with Crippen LogP contribution in [0.1, 0.15) is 40.6 Å². The van der Waals surface area contributed by atoms with Crippen molar-refractivity contribution in [1.82, 2.24) is 14.9 Å². The van der Waals surface area contributed by atoms with Gasteiger partial charge in [-0.25, -0.2) is 9.98 Å². The van der Waals surface area contributed by atoms with E-state index in [2.05, 4.69) is 27.5 Å². The molecule has 7 nitrogen and oxygen atoms in total. The Bertz CT molecular complexity index is 1060. The molecule has 8 heteroatoms. The number of amides is 1. The molecule has 1 aromatic heterocycles. The number of hydrogen-bond acceptors (Lipinski definition) is 5. The average Bonchev–Trinajstić information content (AvgIpc) is 3.21. The summed E-state index contributed by atoms with van der Waals surface area (Å²) in [7, 11) is 1.55. The third-order valence-corrected chi connectivity index (χ3v) is 5.60. The molecule has 166 valence electrons. The molecule has 2 N–H and O–H groups in total. The van der Waals surface area contributed by atoms with Crippen molar-refractivity contribution < 1.29 is 9.59 Å². The van der Waals surface area contributed by atoms with Gasteiger partial charge in [0.2, 0.25) is 0 Å². The van der Waals surface area contributed by atoms with E-state index in [1.807, 2.05) is 48.5 Å². The van der Waals surface area contributed by atoms with Gasteiger partial charge in [-0.1, -0.05) is 73.6 Å². The fraction of sp³-hybridized carbons (Fsp3) is 0.250. The molecule has 0 saturated heterocycles. The van der Waals surface area contributed by atoms with Crippen LogP contribution in [0.5, 0.6) is 0 Å². The van der Waals surface area contributed by atoms with Crippen LogP contribution in [0, 0.1) is 0 Å². The molecule has 3 rings (SSSR count). The number of imidazole rings is 1. The number of anilines is 1.